The largest absolute Gasteiger partial charge is 0.310 e. The van der Waals surface area contributed by atoms with Gasteiger partial charge in [0.15, 0.2) is 0 Å². The van der Waals surface area contributed by atoms with E-state index in [0.29, 0.717) is 0 Å². The second-order valence-corrected chi connectivity index (χ2v) is 17.5. The van der Waals surface area contributed by atoms with Crippen LogP contribution in [0.15, 0.2) is 200 Å². The highest BCUT2D eigenvalue weighted by molar-refractivity contribution is 7.25. The predicted octanol–water partition coefficient (Wildman–Crippen LogP) is 15.3. The molecular formula is C56H39NS. The van der Waals surface area contributed by atoms with Crippen molar-refractivity contribution in [3.8, 4) is 22.3 Å². The van der Waals surface area contributed by atoms with Gasteiger partial charge in [0, 0.05) is 42.5 Å². The maximum absolute atomic E-state index is 2.57. The van der Waals surface area contributed by atoms with Crippen LogP contribution in [0.1, 0.15) is 47.2 Å². The fourth-order valence-corrected chi connectivity index (χ4v) is 11.8. The summed E-state index contributed by atoms with van der Waals surface area (Å²) < 4.78 is 2.62. The number of anilines is 3. The van der Waals surface area contributed by atoms with Gasteiger partial charge in [-0.15, -0.1) is 11.3 Å². The summed E-state index contributed by atoms with van der Waals surface area (Å²) in [6.07, 6.45) is 0. The SMILES string of the molecule is CC1(C)c2ccccc2-c2c(N(c3ccc4c(c3)C(c3ccccc3)(c3ccccc3)c3ccccc3-4)c3ccc4sc5ccccc5c4c3)cc3ccccc3c21. The van der Waals surface area contributed by atoms with Gasteiger partial charge in [0.25, 0.3) is 0 Å². The van der Waals surface area contributed by atoms with E-state index in [9.17, 15) is 0 Å². The number of benzene rings is 9. The van der Waals surface area contributed by atoms with Crippen LogP contribution in [0.25, 0.3) is 53.2 Å². The summed E-state index contributed by atoms with van der Waals surface area (Å²) in [6, 6.07) is 75.1. The third-order valence-corrected chi connectivity index (χ3v) is 14.2. The van der Waals surface area contributed by atoms with E-state index in [0.717, 1.165) is 11.4 Å². The first kappa shape index (κ1) is 33.4. The highest BCUT2D eigenvalue weighted by Gasteiger charge is 2.46. The minimum atomic E-state index is -0.510. The van der Waals surface area contributed by atoms with Crippen molar-refractivity contribution in [2.75, 3.05) is 4.90 Å². The zero-order chi connectivity index (χ0) is 38.6. The highest BCUT2D eigenvalue weighted by atomic mass is 32.1. The molecule has 0 bridgehead atoms. The molecule has 0 spiro atoms. The average molecular weight is 758 g/mol. The second-order valence-electron chi connectivity index (χ2n) is 16.4. The minimum Gasteiger partial charge on any atom is -0.310 e. The predicted molar refractivity (Wildman–Crippen MR) is 246 cm³/mol. The van der Waals surface area contributed by atoms with E-state index in [4.69, 9.17) is 0 Å². The molecule has 9 aromatic carbocycles. The number of thiophene rings is 1. The van der Waals surface area contributed by atoms with Crippen molar-refractivity contribution in [1.29, 1.82) is 0 Å². The van der Waals surface area contributed by atoms with Crippen molar-refractivity contribution in [2.45, 2.75) is 24.7 Å². The van der Waals surface area contributed by atoms with Crippen molar-refractivity contribution in [3.63, 3.8) is 0 Å². The van der Waals surface area contributed by atoms with E-state index in [1.807, 2.05) is 11.3 Å². The Labute approximate surface area is 343 Å². The van der Waals surface area contributed by atoms with Crippen LogP contribution in [0.4, 0.5) is 17.1 Å². The molecule has 0 saturated carbocycles. The van der Waals surface area contributed by atoms with Crippen molar-refractivity contribution in [3.05, 3.63) is 234 Å². The fourth-order valence-electron chi connectivity index (χ4n) is 10.7. The van der Waals surface area contributed by atoms with Crippen molar-refractivity contribution in [2.24, 2.45) is 0 Å². The van der Waals surface area contributed by atoms with Gasteiger partial charge in [-0.1, -0.05) is 172 Å². The molecule has 0 aliphatic heterocycles. The lowest BCUT2D eigenvalue weighted by Gasteiger charge is -2.35. The van der Waals surface area contributed by atoms with Crippen LogP contribution >= 0.6 is 11.3 Å². The lowest BCUT2D eigenvalue weighted by atomic mass is 9.67. The van der Waals surface area contributed by atoms with E-state index < -0.39 is 5.41 Å². The molecule has 1 aromatic heterocycles. The van der Waals surface area contributed by atoms with Crippen LogP contribution in [-0.4, -0.2) is 0 Å². The Balaban J connectivity index is 1.21. The molecule has 2 heteroatoms. The van der Waals surface area contributed by atoms with Gasteiger partial charge in [0.05, 0.1) is 11.1 Å². The van der Waals surface area contributed by atoms with Crippen LogP contribution in [0.5, 0.6) is 0 Å². The molecular weight excluding hydrogens is 719 g/mol. The third kappa shape index (κ3) is 4.52. The van der Waals surface area contributed by atoms with E-state index >= 15 is 0 Å². The molecule has 58 heavy (non-hydrogen) atoms. The van der Waals surface area contributed by atoms with Gasteiger partial charge in [-0.05, 0) is 103 Å². The monoisotopic (exact) mass is 757 g/mol. The van der Waals surface area contributed by atoms with Crippen molar-refractivity contribution in [1.82, 2.24) is 0 Å². The lowest BCUT2D eigenvalue weighted by molar-refractivity contribution is 0.666. The molecule has 2 aliphatic rings. The normalized spacial score (nSPS) is 14.3. The first-order valence-corrected chi connectivity index (χ1v) is 21.1. The summed E-state index contributed by atoms with van der Waals surface area (Å²) in [6.45, 7) is 4.81. The first-order valence-electron chi connectivity index (χ1n) is 20.3. The fraction of sp³-hybridized carbons (Fsp3) is 0.0714. The maximum atomic E-state index is 2.57. The average Bonchev–Trinajstić information content (AvgIpc) is 3.88. The Bertz CT molecular complexity index is 3220. The molecule has 0 fully saturated rings. The van der Waals surface area contributed by atoms with Crippen LogP contribution in [0.2, 0.25) is 0 Å². The van der Waals surface area contributed by atoms with Gasteiger partial charge in [-0.3, -0.25) is 0 Å². The second kappa shape index (κ2) is 12.4. The third-order valence-electron chi connectivity index (χ3n) is 13.1. The van der Waals surface area contributed by atoms with Gasteiger partial charge in [0.2, 0.25) is 0 Å². The molecule has 0 radical (unpaired) electrons. The van der Waals surface area contributed by atoms with Crippen molar-refractivity contribution >= 4 is 59.3 Å². The highest BCUT2D eigenvalue weighted by Crippen LogP contribution is 2.60. The van der Waals surface area contributed by atoms with Crippen LogP contribution in [-0.2, 0) is 10.8 Å². The Kier molecular flexibility index (Phi) is 7.13. The zero-order valence-electron chi connectivity index (χ0n) is 32.4. The Hall–Kier alpha value is -6.74. The summed E-state index contributed by atoms with van der Waals surface area (Å²) in [4.78, 5) is 2.57. The first-order chi connectivity index (χ1) is 28.5. The molecule has 2 aliphatic carbocycles. The molecule has 274 valence electrons. The van der Waals surface area contributed by atoms with Gasteiger partial charge >= 0.3 is 0 Å². The molecule has 0 N–H and O–H groups in total. The number of nitrogens with zero attached hydrogens (tertiary/aromatic N) is 1. The smallest absolute Gasteiger partial charge is 0.0714 e. The van der Waals surface area contributed by atoms with Gasteiger partial charge in [-0.25, -0.2) is 0 Å². The Morgan fingerprint density at radius 2 is 0.983 bits per heavy atom. The molecule has 0 saturated heterocycles. The standard InChI is InChI=1S/C56H39NS/c1-55(2)47-26-14-12-25-45(47)53-50(33-36-17-9-10-22-41(36)54(53)55)57(39-30-32-52-46(34-39)44-24-13-16-28-51(44)58-52)40-29-31-43-42-23-11-15-27-48(42)56(49(43)35-40,37-18-5-3-6-19-37)38-20-7-4-8-21-38/h3-35H,1-2H3. The van der Waals surface area contributed by atoms with Crippen LogP contribution in [0.3, 0.4) is 0 Å². The number of rotatable bonds is 5. The van der Waals surface area contributed by atoms with E-state index in [1.54, 1.807) is 0 Å². The van der Waals surface area contributed by atoms with Crippen LogP contribution in [0, 0.1) is 0 Å². The minimum absolute atomic E-state index is 0.184. The van der Waals surface area contributed by atoms with Gasteiger partial charge in [-0.2, -0.15) is 0 Å². The topological polar surface area (TPSA) is 3.24 Å². The van der Waals surface area contributed by atoms with Gasteiger partial charge in [0.1, 0.15) is 0 Å². The lowest BCUT2D eigenvalue weighted by Crippen LogP contribution is -2.28. The Morgan fingerprint density at radius 1 is 0.414 bits per heavy atom. The quantitative estimate of drug-likeness (QED) is 0.169. The summed E-state index contributed by atoms with van der Waals surface area (Å²) in [5.74, 6) is 0. The molecule has 0 atom stereocenters. The van der Waals surface area contributed by atoms with Crippen LogP contribution < -0.4 is 4.90 Å². The number of hydrogen-bond donors (Lipinski definition) is 0. The van der Waals surface area contributed by atoms with Crippen molar-refractivity contribution < 1.29 is 0 Å². The van der Waals surface area contributed by atoms with E-state index in [-0.39, 0.29) is 5.41 Å². The molecule has 0 unspecified atom stereocenters. The summed E-state index contributed by atoms with van der Waals surface area (Å²) in [5.41, 5.74) is 15.9. The molecule has 10 aromatic rings. The number of fused-ring (bicyclic) bond motifs is 11. The van der Waals surface area contributed by atoms with E-state index in [2.05, 4.69) is 219 Å². The molecule has 1 nitrogen and oxygen atoms in total. The number of hydrogen-bond acceptors (Lipinski definition) is 2. The van der Waals surface area contributed by atoms with Gasteiger partial charge < -0.3 is 4.90 Å². The summed E-state index contributed by atoms with van der Waals surface area (Å²) >= 11 is 1.87. The maximum Gasteiger partial charge on any atom is 0.0714 e. The summed E-state index contributed by atoms with van der Waals surface area (Å²) in [7, 11) is 0. The summed E-state index contributed by atoms with van der Waals surface area (Å²) in [5, 5.41) is 5.16. The molecule has 1 heterocycles. The zero-order valence-corrected chi connectivity index (χ0v) is 33.2. The molecule has 0 amide bonds. The van der Waals surface area contributed by atoms with E-state index in [1.165, 1.54) is 92.3 Å². The Morgan fingerprint density at radius 3 is 1.76 bits per heavy atom. The molecule has 12 rings (SSSR count).